The van der Waals surface area contributed by atoms with Crippen LogP contribution in [0.25, 0.3) is 0 Å². The number of para-hydroxylation sites is 1. The Labute approximate surface area is 195 Å². The van der Waals surface area contributed by atoms with Gasteiger partial charge in [-0.3, -0.25) is 4.79 Å². The lowest BCUT2D eigenvalue weighted by Gasteiger charge is -2.30. The summed E-state index contributed by atoms with van der Waals surface area (Å²) < 4.78 is 11.5. The summed E-state index contributed by atoms with van der Waals surface area (Å²) in [6.45, 7) is 3.23. The van der Waals surface area contributed by atoms with Gasteiger partial charge in [-0.1, -0.05) is 37.5 Å². The van der Waals surface area contributed by atoms with Crippen molar-refractivity contribution in [3.05, 3.63) is 48.0 Å². The van der Waals surface area contributed by atoms with Crippen molar-refractivity contribution in [2.24, 2.45) is 0 Å². The van der Waals surface area contributed by atoms with Gasteiger partial charge in [0.25, 0.3) is 5.91 Å². The summed E-state index contributed by atoms with van der Waals surface area (Å²) in [6.07, 6.45) is 7.25. The first-order chi connectivity index (χ1) is 16.1. The van der Waals surface area contributed by atoms with Crippen molar-refractivity contribution >= 4 is 23.3 Å². The molecular formula is C26H33N3O4. The maximum atomic E-state index is 12.6. The SMILES string of the molecule is Cc1ccccc1OCCCCN1C(=O)COc2ccc(NC(=O)NC3CCCCC3)cc21. The van der Waals surface area contributed by atoms with E-state index in [0.717, 1.165) is 49.8 Å². The maximum absolute atomic E-state index is 12.6. The van der Waals surface area contributed by atoms with Crippen molar-refractivity contribution in [1.82, 2.24) is 5.32 Å². The van der Waals surface area contributed by atoms with Crippen LogP contribution in [0.5, 0.6) is 11.5 Å². The van der Waals surface area contributed by atoms with Gasteiger partial charge >= 0.3 is 6.03 Å². The van der Waals surface area contributed by atoms with Crippen molar-refractivity contribution in [1.29, 1.82) is 0 Å². The molecule has 0 atom stereocenters. The Bertz CT molecular complexity index is 972. The average molecular weight is 452 g/mol. The number of urea groups is 1. The van der Waals surface area contributed by atoms with Crippen LogP contribution in [0.2, 0.25) is 0 Å². The molecular weight excluding hydrogens is 418 g/mol. The molecule has 176 valence electrons. The summed E-state index contributed by atoms with van der Waals surface area (Å²) >= 11 is 0. The van der Waals surface area contributed by atoms with E-state index < -0.39 is 0 Å². The van der Waals surface area contributed by atoms with Crippen molar-refractivity contribution in [2.75, 3.05) is 30.0 Å². The van der Waals surface area contributed by atoms with Gasteiger partial charge in [-0.2, -0.15) is 0 Å². The Morgan fingerprint density at radius 2 is 1.94 bits per heavy atom. The molecule has 2 aromatic rings. The third kappa shape index (κ3) is 6.18. The molecule has 1 aliphatic heterocycles. The minimum atomic E-state index is -0.204. The maximum Gasteiger partial charge on any atom is 0.319 e. The van der Waals surface area contributed by atoms with Gasteiger partial charge in [-0.05, 0) is 62.4 Å². The molecule has 7 nitrogen and oxygen atoms in total. The lowest BCUT2D eigenvalue weighted by Crippen LogP contribution is -2.40. The van der Waals surface area contributed by atoms with Crippen LogP contribution in [0.3, 0.4) is 0 Å². The van der Waals surface area contributed by atoms with Gasteiger partial charge in [0.05, 0.1) is 12.3 Å². The van der Waals surface area contributed by atoms with Crippen LogP contribution < -0.4 is 25.0 Å². The summed E-state index contributed by atoms with van der Waals surface area (Å²) in [7, 11) is 0. The second kappa shape index (κ2) is 11.1. The van der Waals surface area contributed by atoms with Crippen LogP contribution in [0.15, 0.2) is 42.5 Å². The van der Waals surface area contributed by atoms with Crippen LogP contribution >= 0.6 is 0 Å². The van der Waals surface area contributed by atoms with E-state index in [0.29, 0.717) is 30.3 Å². The van der Waals surface area contributed by atoms with Gasteiger partial charge in [0.2, 0.25) is 0 Å². The van der Waals surface area contributed by atoms with Gasteiger partial charge in [0.1, 0.15) is 11.5 Å². The normalized spacial score (nSPS) is 16.0. The first-order valence-corrected chi connectivity index (χ1v) is 11.9. The quantitative estimate of drug-likeness (QED) is 0.552. The largest absolute Gasteiger partial charge is 0.493 e. The molecule has 0 radical (unpaired) electrons. The molecule has 2 N–H and O–H groups in total. The fraction of sp³-hybridized carbons (Fsp3) is 0.462. The lowest BCUT2D eigenvalue weighted by molar-refractivity contribution is -0.121. The van der Waals surface area contributed by atoms with E-state index in [-0.39, 0.29) is 24.6 Å². The van der Waals surface area contributed by atoms with Crippen molar-refractivity contribution in [3.63, 3.8) is 0 Å². The average Bonchev–Trinajstić information content (AvgIpc) is 2.82. The molecule has 1 fully saturated rings. The van der Waals surface area contributed by atoms with Crippen LogP contribution in [0.4, 0.5) is 16.2 Å². The van der Waals surface area contributed by atoms with Crippen molar-refractivity contribution in [2.45, 2.75) is 57.9 Å². The molecule has 33 heavy (non-hydrogen) atoms. The number of nitrogens with zero attached hydrogens (tertiary/aromatic N) is 1. The molecule has 0 unspecified atom stereocenters. The molecule has 0 bridgehead atoms. The smallest absolute Gasteiger partial charge is 0.319 e. The number of benzene rings is 2. The molecule has 0 saturated heterocycles. The number of carbonyl (C=O) groups excluding carboxylic acids is 2. The number of aryl methyl sites for hydroxylation is 1. The molecule has 2 aliphatic rings. The Balaban J connectivity index is 1.31. The highest BCUT2D eigenvalue weighted by molar-refractivity contribution is 5.99. The molecule has 4 rings (SSSR count). The molecule has 0 aromatic heterocycles. The predicted octanol–water partition coefficient (Wildman–Crippen LogP) is 5.03. The van der Waals surface area contributed by atoms with Crippen LogP contribution in [-0.4, -0.2) is 37.7 Å². The van der Waals surface area contributed by atoms with E-state index >= 15 is 0 Å². The molecule has 1 aliphatic carbocycles. The molecule has 3 amide bonds. The zero-order valence-electron chi connectivity index (χ0n) is 19.3. The molecule has 1 heterocycles. The summed E-state index contributed by atoms with van der Waals surface area (Å²) in [5, 5.41) is 5.97. The summed E-state index contributed by atoms with van der Waals surface area (Å²) in [5.74, 6) is 1.47. The van der Waals surface area contributed by atoms with Crippen molar-refractivity contribution in [3.8, 4) is 11.5 Å². The van der Waals surface area contributed by atoms with E-state index in [9.17, 15) is 9.59 Å². The highest BCUT2D eigenvalue weighted by Crippen LogP contribution is 2.35. The number of ether oxygens (including phenoxy) is 2. The Morgan fingerprint density at radius 3 is 2.76 bits per heavy atom. The minimum Gasteiger partial charge on any atom is -0.493 e. The number of hydrogen-bond donors (Lipinski definition) is 2. The van der Waals surface area contributed by atoms with E-state index in [2.05, 4.69) is 10.6 Å². The first-order valence-electron chi connectivity index (χ1n) is 11.9. The fourth-order valence-electron chi connectivity index (χ4n) is 4.40. The van der Waals surface area contributed by atoms with E-state index in [4.69, 9.17) is 9.47 Å². The molecule has 0 spiro atoms. The molecule has 1 saturated carbocycles. The highest BCUT2D eigenvalue weighted by Gasteiger charge is 2.26. The monoisotopic (exact) mass is 451 g/mol. The van der Waals surface area contributed by atoms with E-state index in [1.165, 1.54) is 6.42 Å². The first kappa shape index (κ1) is 23.0. The number of anilines is 2. The number of fused-ring (bicyclic) bond motifs is 1. The Kier molecular flexibility index (Phi) is 7.70. The van der Waals surface area contributed by atoms with Crippen LogP contribution in [-0.2, 0) is 4.79 Å². The lowest BCUT2D eigenvalue weighted by atomic mass is 9.96. The number of amides is 3. The fourth-order valence-corrected chi connectivity index (χ4v) is 4.40. The summed E-state index contributed by atoms with van der Waals surface area (Å²) in [6, 6.07) is 13.4. The van der Waals surface area contributed by atoms with Gasteiger partial charge in [0.15, 0.2) is 6.61 Å². The van der Waals surface area contributed by atoms with Crippen molar-refractivity contribution < 1.29 is 19.1 Å². The number of hydrogen-bond acceptors (Lipinski definition) is 4. The van der Waals surface area contributed by atoms with E-state index in [1.807, 2.05) is 49.4 Å². The third-order valence-electron chi connectivity index (χ3n) is 6.23. The Hall–Kier alpha value is -3.22. The van der Waals surface area contributed by atoms with Gasteiger partial charge in [0, 0.05) is 18.3 Å². The minimum absolute atomic E-state index is 0.0294. The van der Waals surface area contributed by atoms with Crippen LogP contribution in [0.1, 0.15) is 50.5 Å². The predicted molar refractivity (Wildman–Crippen MR) is 129 cm³/mol. The number of carbonyl (C=O) groups is 2. The summed E-state index contributed by atoms with van der Waals surface area (Å²) in [4.78, 5) is 26.7. The van der Waals surface area contributed by atoms with Gasteiger partial charge in [-0.15, -0.1) is 0 Å². The molecule has 2 aromatic carbocycles. The Morgan fingerprint density at radius 1 is 1.12 bits per heavy atom. The highest BCUT2D eigenvalue weighted by atomic mass is 16.5. The van der Waals surface area contributed by atoms with Gasteiger partial charge in [-0.25, -0.2) is 4.79 Å². The number of unbranched alkanes of at least 4 members (excludes halogenated alkanes) is 1. The zero-order chi connectivity index (χ0) is 23.0. The number of nitrogens with one attached hydrogen (secondary N) is 2. The zero-order valence-corrected chi connectivity index (χ0v) is 19.3. The number of rotatable bonds is 8. The van der Waals surface area contributed by atoms with Gasteiger partial charge < -0.3 is 25.0 Å². The van der Waals surface area contributed by atoms with E-state index in [1.54, 1.807) is 4.90 Å². The molecule has 7 heteroatoms. The van der Waals surface area contributed by atoms with Crippen LogP contribution in [0, 0.1) is 6.92 Å². The second-order valence-electron chi connectivity index (χ2n) is 8.77. The topological polar surface area (TPSA) is 79.9 Å². The second-order valence-corrected chi connectivity index (χ2v) is 8.77. The summed E-state index contributed by atoms with van der Waals surface area (Å²) in [5.41, 5.74) is 2.46. The standard InChI is InChI=1S/C26H33N3O4/c1-19-9-5-6-12-23(19)32-16-8-7-15-29-22-17-21(13-14-24(22)33-18-25(29)30)28-26(31)27-20-10-3-2-4-11-20/h5-6,9,12-14,17,20H,2-4,7-8,10-11,15-16,18H2,1H3,(H2,27,28,31). The third-order valence-corrected chi connectivity index (χ3v) is 6.23.